The standard InChI is InChI=1S/C11H23N3O2S/c1-10-5-2-3-8-14(10)17(15,16)13-11-6-4-7-12-9-11/h10-13H,2-9H2,1H3/t10?,11-/m0/s1. The van der Waals surface area contributed by atoms with Crippen LogP contribution >= 0.6 is 0 Å². The number of nitrogens with one attached hydrogen (secondary N) is 2. The van der Waals surface area contributed by atoms with Gasteiger partial charge < -0.3 is 5.32 Å². The molecule has 1 unspecified atom stereocenters. The molecular formula is C11H23N3O2S. The molecule has 0 aromatic rings. The van der Waals surface area contributed by atoms with E-state index in [2.05, 4.69) is 10.0 Å². The Kier molecular flexibility index (Phi) is 4.41. The number of nitrogens with zero attached hydrogens (tertiary/aromatic N) is 1. The van der Waals surface area contributed by atoms with Crippen molar-refractivity contribution in [2.75, 3.05) is 19.6 Å². The Morgan fingerprint density at radius 2 is 2.06 bits per heavy atom. The molecule has 0 aromatic carbocycles. The molecule has 0 aliphatic carbocycles. The summed E-state index contributed by atoms with van der Waals surface area (Å²) in [5.41, 5.74) is 0. The first-order chi connectivity index (χ1) is 8.09. The minimum Gasteiger partial charge on any atom is -0.315 e. The van der Waals surface area contributed by atoms with E-state index in [9.17, 15) is 8.42 Å². The van der Waals surface area contributed by atoms with Crippen LogP contribution in [-0.4, -0.2) is 44.4 Å². The average molecular weight is 261 g/mol. The Labute approximate surface area is 104 Å². The Bertz CT molecular complexity index is 339. The van der Waals surface area contributed by atoms with E-state index in [1.54, 1.807) is 4.31 Å². The van der Waals surface area contributed by atoms with E-state index in [0.717, 1.165) is 45.2 Å². The van der Waals surface area contributed by atoms with E-state index >= 15 is 0 Å². The van der Waals surface area contributed by atoms with Crippen molar-refractivity contribution < 1.29 is 8.42 Å². The minimum atomic E-state index is -3.29. The van der Waals surface area contributed by atoms with Crippen molar-refractivity contribution in [3.63, 3.8) is 0 Å². The monoisotopic (exact) mass is 261 g/mol. The van der Waals surface area contributed by atoms with Gasteiger partial charge in [-0.15, -0.1) is 0 Å². The summed E-state index contributed by atoms with van der Waals surface area (Å²) >= 11 is 0. The maximum Gasteiger partial charge on any atom is 0.279 e. The number of piperidine rings is 2. The summed E-state index contributed by atoms with van der Waals surface area (Å²) in [4.78, 5) is 0. The summed E-state index contributed by atoms with van der Waals surface area (Å²) in [7, 11) is -3.29. The third-order valence-electron chi connectivity index (χ3n) is 3.66. The van der Waals surface area contributed by atoms with Gasteiger partial charge in [-0.2, -0.15) is 17.4 Å². The maximum atomic E-state index is 12.3. The second kappa shape index (κ2) is 5.65. The minimum absolute atomic E-state index is 0.0582. The second-order valence-electron chi connectivity index (χ2n) is 5.12. The molecule has 5 nitrogen and oxygen atoms in total. The lowest BCUT2D eigenvalue weighted by Crippen LogP contribution is -2.53. The van der Waals surface area contributed by atoms with Gasteiger partial charge in [-0.3, -0.25) is 0 Å². The second-order valence-corrected chi connectivity index (χ2v) is 6.78. The summed E-state index contributed by atoms with van der Waals surface area (Å²) < 4.78 is 29.0. The Balaban J connectivity index is 1.96. The van der Waals surface area contributed by atoms with Crippen molar-refractivity contribution in [2.45, 2.75) is 51.1 Å². The molecule has 2 atom stereocenters. The van der Waals surface area contributed by atoms with Crippen LogP contribution in [0.25, 0.3) is 0 Å². The van der Waals surface area contributed by atoms with E-state index in [0.29, 0.717) is 6.54 Å². The van der Waals surface area contributed by atoms with Crippen LogP contribution in [0.5, 0.6) is 0 Å². The molecule has 0 amide bonds. The zero-order valence-corrected chi connectivity index (χ0v) is 11.3. The van der Waals surface area contributed by atoms with E-state index in [-0.39, 0.29) is 12.1 Å². The van der Waals surface area contributed by atoms with Gasteiger partial charge in [0.25, 0.3) is 10.2 Å². The fourth-order valence-corrected chi connectivity index (χ4v) is 4.37. The van der Waals surface area contributed by atoms with Crippen LogP contribution in [0.1, 0.15) is 39.0 Å². The van der Waals surface area contributed by atoms with Gasteiger partial charge in [-0.05, 0) is 39.2 Å². The first-order valence-electron chi connectivity index (χ1n) is 6.59. The van der Waals surface area contributed by atoms with Crippen LogP contribution < -0.4 is 10.0 Å². The summed E-state index contributed by atoms with van der Waals surface area (Å²) in [6.07, 6.45) is 5.08. The van der Waals surface area contributed by atoms with Crippen molar-refractivity contribution in [3.05, 3.63) is 0 Å². The third-order valence-corrected chi connectivity index (χ3v) is 5.45. The topological polar surface area (TPSA) is 61.4 Å². The smallest absolute Gasteiger partial charge is 0.279 e. The van der Waals surface area contributed by atoms with E-state index < -0.39 is 10.2 Å². The number of hydrogen-bond acceptors (Lipinski definition) is 3. The van der Waals surface area contributed by atoms with Crippen molar-refractivity contribution in [3.8, 4) is 0 Å². The summed E-state index contributed by atoms with van der Waals surface area (Å²) in [5, 5.41) is 3.23. The normalized spacial score (nSPS) is 32.5. The van der Waals surface area contributed by atoms with Gasteiger partial charge in [0.05, 0.1) is 0 Å². The van der Waals surface area contributed by atoms with Gasteiger partial charge in [0.15, 0.2) is 0 Å². The molecule has 2 aliphatic rings. The molecule has 0 saturated carbocycles. The van der Waals surface area contributed by atoms with Gasteiger partial charge in [-0.25, -0.2) is 0 Å². The van der Waals surface area contributed by atoms with Crippen LogP contribution in [0.3, 0.4) is 0 Å². The van der Waals surface area contributed by atoms with Crippen molar-refractivity contribution >= 4 is 10.2 Å². The van der Waals surface area contributed by atoms with Crippen molar-refractivity contribution in [2.24, 2.45) is 0 Å². The molecule has 6 heteroatoms. The van der Waals surface area contributed by atoms with E-state index in [4.69, 9.17) is 0 Å². The summed E-state index contributed by atoms with van der Waals surface area (Å²) in [6, 6.07) is 0.195. The lowest BCUT2D eigenvalue weighted by atomic mass is 10.1. The zero-order chi connectivity index (χ0) is 12.3. The average Bonchev–Trinajstić information content (AvgIpc) is 2.30. The van der Waals surface area contributed by atoms with Crippen molar-refractivity contribution in [1.29, 1.82) is 0 Å². The molecular weight excluding hydrogens is 238 g/mol. The molecule has 2 heterocycles. The summed E-state index contributed by atoms with van der Waals surface area (Å²) in [6.45, 7) is 4.41. The zero-order valence-electron chi connectivity index (χ0n) is 10.5. The molecule has 2 N–H and O–H groups in total. The quantitative estimate of drug-likeness (QED) is 0.775. The largest absolute Gasteiger partial charge is 0.315 e. The first kappa shape index (κ1) is 13.3. The number of rotatable bonds is 3. The Morgan fingerprint density at radius 3 is 2.71 bits per heavy atom. The highest BCUT2D eigenvalue weighted by molar-refractivity contribution is 7.87. The highest BCUT2D eigenvalue weighted by Crippen LogP contribution is 2.19. The Morgan fingerprint density at radius 1 is 1.24 bits per heavy atom. The van der Waals surface area contributed by atoms with Crippen LogP contribution in [0.2, 0.25) is 0 Å². The van der Waals surface area contributed by atoms with Gasteiger partial charge in [0, 0.05) is 25.2 Å². The molecule has 0 spiro atoms. The molecule has 17 heavy (non-hydrogen) atoms. The third kappa shape index (κ3) is 3.40. The molecule has 100 valence electrons. The fraction of sp³-hybridized carbons (Fsp3) is 1.00. The lowest BCUT2D eigenvalue weighted by molar-refractivity contribution is 0.262. The summed E-state index contributed by atoms with van der Waals surface area (Å²) in [5.74, 6) is 0. The van der Waals surface area contributed by atoms with Crippen LogP contribution in [0.4, 0.5) is 0 Å². The highest BCUT2D eigenvalue weighted by atomic mass is 32.2. The maximum absolute atomic E-state index is 12.3. The van der Waals surface area contributed by atoms with Gasteiger partial charge in [0.1, 0.15) is 0 Å². The molecule has 0 bridgehead atoms. The van der Waals surface area contributed by atoms with Gasteiger partial charge >= 0.3 is 0 Å². The fourth-order valence-electron chi connectivity index (χ4n) is 2.66. The van der Waals surface area contributed by atoms with Crippen molar-refractivity contribution in [1.82, 2.24) is 14.3 Å². The predicted octanol–water partition coefficient (Wildman–Crippen LogP) is 0.447. The lowest BCUT2D eigenvalue weighted by Gasteiger charge is -2.34. The molecule has 2 aliphatic heterocycles. The molecule has 0 aromatic heterocycles. The van der Waals surface area contributed by atoms with Crippen LogP contribution in [0.15, 0.2) is 0 Å². The molecule has 2 rings (SSSR count). The first-order valence-corrected chi connectivity index (χ1v) is 8.03. The molecule has 2 saturated heterocycles. The highest BCUT2D eigenvalue weighted by Gasteiger charge is 2.31. The Hall–Kier alpha value is -0.170. The SMILES string of the molecule is CC1CCCCN1S(=O)(=O)N[C@H]1CCCNC1. The van der Waals surface area contributed by atoms with E-state index in [1.165, 1.54) is 0 Å². The number of hydrogen-bond donors (Lipinski definition) is 2. The predicted molar refractivity (Wildman–Crippen MR) is 68.0 cm³/mol. The van der Waals surface area contributed by atoms with Crippen LogP contribution in [-0.2, 0) is 10.2 Å². The molecule has 0 radical (unpaired) electrons. The van der Waals surface area contributed by atoms with Crippen LogP contribution in [0, 0.1) is 0 Å². The van der Waals surface area contributed by atoms with E-state index in [1.807, 2.05) is 6.92 Å². The van der Waals surface area contributed by atoms with Gasteiger partial charge in [-0.1, -0.05) is 6.42 Å². The van der Waals surface area contributed by atoms with Gasteiger partial charge in [0.2, 0.25) is 0 Å². The molecule has 2 fully saturated rings.